The van der Waals surface area contributed by atoms with Crippen LogP contribution < -0.4 is 14.4 Å². The van der Waals surface area contributed by atoms with Crippen LogP contribution in [0, 0.1) is 5.82 Å². The first-order valence-electron chi connectivity index (χ1n) is 10.6. The second kappa shape index (κ2) is 10.8. The Morgan fingerprint density at radius 3 is 2.27 bits per heavy atom. The predicted molar refractivity (Wildman–Crippen MR) is 120 cm³/mol. The van der Waals surface area contributed by atoms with Crippen LogP contribution in [0.5, 0.6) is 11.5 Å². The highest BCUT2D eigenvalue weighted by atomic mass is 19.1. The molecular formula is C24H27FN2O6. The van der Waals surface area contributed by atoms with Gasteiger partial charge in [0.2, 0.25) is 0 Å². The van der Waals surface area contributed by atoms with Gasteiger partial charge in [0, 0.05) is 31.7 Å². The van der Waals surface area contributed by atoms with Crippen LogP contribution in [-0.4, -0.2) is 69.1 Å². The largest absolute Gasteiger partial charge is 0.493 e. The summed E-state index contributed by atoms with van der Waals surface area (Å²) in [6.45, 7) is 4.86. The number of benzene rings is 2. The third kappa shape index (κ3) is 5.79. The molecule has 9 heteroatoms. The summed E-state index contributed by atoms with van der Waals surface area (Å²) >= 11 is 0. The molecule has 2 aromatic rings. The molecule has 1 fully saturated rings. The Morgan fingerprint density at radius 2 is 1.67 bits per heavy atom. The van der Waals surface area contributed by atoms with Crippen molar-refractivity contribution < 1.29 is 33.0 Å². The van der Waals surface area contributed by atoms with Gasteiger partial charge in [0.05, 0.1) is 25.0 Å². The van der Waals surface area contributed by atoms with Gasteiger partial charge in [0.1, 0.15) is 5.82 Å². The predicted octanol–water partition coefficient (Wildman–Crippen LogP) is 2.94. The number of ether oxygens (including phenoxy) is 3. The molecular weight excluding hydrogens is 431 g/mol. The Hall–Kier alpha value is -3.62. The summed E-state index contributed by atoms with van der Waals surface area (Å²) in [5.41, 5.74) is 0.956. The number of amides is 1. The quantitative estimate of drug-likeness (QED) is 0.444. The van der Waals surface area contributed by atoms with Crippen molar-refractivity contribution in [2.45, 2.75) is 13.8 Å². The zero-order valence-electron chi connectivity index (χ0n) is 18.9. The molecule has 0 saturated carbocycles. The van der Waals surface area contributed by atoms with Crippen molar-refractivity contribution in [3.05, 3.63) is 53.3 Å². The minimum absolute atomic E-state index is 0.200. The van der Waals surface area contributed by atoms with Gasteiger partial charge in [-0.15, -0.1) is 0 Å². The second-order valence-electron chi connectivity index (χ2n) is 7.46. The highest BCUT2D eigenvalue weighted by Crippen LogP contribution is 2.28. The molecule has 1 aliphatic rings. The molecule has 0 radical (unpaired) electrons. The molecule has 0 atom stereocenters. The third-order valence-corrected chi connectivity index (χ3v) is 5.35. The number of anilines is 1. The van der Waals surface area contributed by atoms with E-state index in [1.54, 1.807) is 29.2 Å². The first-order chi connectivity index (χ1) is 15.8. The molecule has 1 amide bonds. The summed E-state index contributed by atoms with van der Waals surface area (Å²) in [4.78, 5) is 39.7. The Kier molecular flexibility index (Phi) is 7.87. The molecule has 0 aliphatic carbocycles. The van der Waals surface area contributed by atoms with Gasteiger partial charge in [-0.25, -0.2) is 9.18 Å². The normalized spacial score (nSPS) is 13.5. The van der Waals surface area contributed by atoms with Gasteiger partial charge < -0.3 is 24.0 Å². The van der Waals surface area contributed by atoms with Gasteiger partial charge in [-0.3, -0.25) is 9.59 Å². The van der Waals surface area contributed by atoms with Crippen molar-refractivity contribution >= 4 is 23.3 Å². The maximum absolute atomic E-state index is 14.4. The van der Waals surface area contributed by atoms with Crippen molar-refractivity contribution in [3.63, 3.8) is 0 Å². The van der Waals surface area contributed by atoms with Crippen LogP contribution in [0.2, 0.25) is 0 Å². The minimum atomic E-state index is -0.643. The first kappa shape index (κ1) is 24.0. The lowest BCUT2D eigenvalue weighted by Crippen LogP contribution is -2.50. The van der Waals surface area contributed by atoms with E-state index in [1.165, 1.54) is 26.2 Å². The molecule has 1 heterocycles. The summed E-state index contributed by atoms with van der Waals surface area (Å²) in [7, 11) is 1.47. The number of carbonyl (C=O) groups excluding carboxylic acids is 3. The van der Waals surface area contributed by atoms with E-state index < -0.39 is 18.4 Å². The number of piperazine rings is 1. The summed E-state index contributed by atoms with van der Waals surface area (Å²) in [6, 6.07) is 9.06. The van der Waals surface area contributed by atoms with Gasteiger partial charge in [-0.05, 0) is 50.2 Å². The molecule has 0 aromatic heterocycles. The highest BCUT2D eigenvalue weighted by molar-refractivity contribution is 5.94. The summed E-state index contributed by atoms with van der Waals surface area (Å²) in [5, 5.41) is 0. The van der Waals surface area contributed by atoms with Crippen molar-refractivity contribution in [1.29, 1.82) is 0 Å². The van der Waals surface area contributed by atoms with Gasteiger partial charge in [0.15, 0.2) is 23.9 Å². The van der Waals surface area contributed by atoms with E-state index >= 15 is 0 Å². The lowest BCUT2D eigenvalue weighted by atomic mass is 10.1. The van der Waals surface area contributed by atoms with Crippen LogP contribution >= 0.6 is 0 Å². The van der Waals surface area contributed by atoms with Gasteiger partial charge in [0.25, 0.3) is 5.91 Å². The number of hydrogen-bond donors (Lipinski definition) is 0. The second-order valence-corrected chi connectivity index (χ2v) is 7.46. The smallest absolute Gasteiger partial charge is 0.338 e. The fourth-order valence-corrected chi connectivity index (χ4v) is 3.55. The van der Waals surface area contributed by atoms with Gasteiger partial charge >= 0.3 is 5.97 Å². The number of ketones is 1. The number of carbonyl (C=O) groups is 3. The van der Waals surface area contributed by atoms with Crippen molar-refractivity contribution in [2.75, 3.05) is 51.4 Å². The zero-order valence-corrected chi connectivity index (χ0v) is 18.9. The minimum Gasteiger partial charge on any atom is -0.493 e. The van der Waals surface area contributed by atoms with Crippen LogP contribution in [0.1, 0.15) is 34.6 Å². The monoisotopic (exact) mass is 458 g/mol. The fourth-order valence-electron chi connectivity index (χ4n) is 3.55. The fraction of sp³-hybridized carbons (Fsp3) is 0.375. The number of rotatable bonds is 8. The Morgan fingerprint density at radius 1 is 0.970 bits per heavy atom. The van der Waals surface area contributed by atoms with Crippen LogP contribution in [0.3, 0.4) is 0 Å². The Balaban J connectivity index is 1.52. The first-order valence-corrected chi connectivity index (χ1v) is 10.6. The van der Waals surface area contributed by atoms with E-state index in [0.29, 0.717) is 55.5 Å². The van der Waals surface area contributed by atoms with E-state index in [4.69, 9.17) is 14.2 Å². The van der Waals surface area contributed by atoms with Crippen LogP contribution in [0.4, 0.5) is 10.1 Å². The van der Waals surface area contributed by atoms with Crippen molar-refractivity contribution in [2.24, 2.45) is 0 Å². The zero-order chi connectivity index (χ0) is 24.0. The van der Waals surface area contributed by atoms with Crippen molar-refractivity contribution in [3.8, 4) is 11.5 Å². The lowest BCUT2D eigenvalue weighted by molar-refractivity contribution is -0.134. The molecule has 1 saturated heterocycles. The highest BCUT2D eigenvalue weighted by Gasteiger charge is 2.24. The summed E-state index contributed by atoms with van der Waals surface area (Å²) < 4.78 is 30.2. The summed E-state index contributed by atoms with van der Waals surface area (Å²) in [6.07, 6.45) is 0. The van der Waals surface area contributed by atoms with E-state index in [-0.39, 0.29) is 17.3 Å². The lowest BCUT2D eigenvalue weighted by Gasteiger charge is -2.36. The van der Waals surface area contributed by atoms with Gasteiger partial charge in [-0.1, -0.05) is 0 Å². The van der Waals surface area contributed by atoms with Crippen LogP contribution in [0.15, 0.2) is 36.4 Å². The number of halogens is 1. The van der Waals surface area contributed by atoms with E-state index in [9.17, 15) is 18.8 Å². The molecule has 8 nitrogen and oxygen atoms in total. The summed E-state index contributed by atoms with van der Waals surface area (Å²) in [5.74, 6) is -0.726. The molecule has 2 aromatic carbocycles. The molecule has 176 valence electrons. The van der Waals surface area contributed by atoms with E-state index in [1.807, 2.05) is 11.8 Å². The van der Waals surface area contributed by atoms with Crippen molar-refractivity contribution in [1.82, 2.24) is 4.90 Å². The van der Waals surface area contributed by atoms with E-state index in [0.717, 1.165) is 0 Å². The molecule has 3 rings (SSSR count). The molecule has 0 N–H and O–H groups in total. The van der Waals surface area contributed by atoms with Gasteiger partial charge in [-0.2, -0.15) is 0 Å². The maximum atomic E-state index is 14.4. The number of nitrogens with zero attached hydrogens (tertiary/aromatic N) is 2. The number of methoxy groups -OCH3 is 1. The maximum Gasteiger partial charge on any atom is 0.338 e. The third-order valence-electron chi connectivity index (χ3n) is 5.35. The van der Waals surface area contributed by atoms with E-state index in [2.05, 4.69) is 0 Å². The Labute approximate surface area is 191 Å². The molecule has 0 spiro atoms. The average molecular weight is 458 g/mol. The average Bonchev–Trinajstić information content (AvgIpc) is 2.82. The topological polar surface area (TPSA) is 85.4 Å². The molecule has 0 unspecified atom stereocenters. The van der Waals surface area contributed by atoms with Crippen LogP contribution in [0.25, 0.3) is 0 Å². The Bertz CT molecular complexity index is 1030. The van der Waals surface area contributed by atoms with Crippen LogP contribution in [-0.2, 0) is 9.53 Å². The number of Topliss-reactive ketones (excluding diaryl/α,β-unsaturated/α-hetero) is 1. The molecule has 33 heavy (non-hydrogen) atoms. The number of esters is 1. The molecule has 0 bridgehead atoms. The SMILES string of the molecule is CCOc1ccc(C(=O)OCC(=O)N2CCN(c3ccc(C(C)=O)cc3F)CC2)cc1OC. The standard InChI is InChI=1S/C24H27FN2O6/c1-4-32-21-8-6-18(14-22(21)31-3)24(30)33-15-23(29)27-11-9-26(10-12-27)20-7-5-17(16(2)28)13-19(20)25/h5-8,13-14H,4,9-12,15H2,1-3H3. The molecule has 1 aliphatic heterocycles. The number of hydrogen-bond acceptors (Lipinski definition) is 7.